The Balaban J connectivity index is -0.000000616. The number of pyridine rings is 2. The number of hydrogen-bond donors (Lipinski definition) is 4. The van der Waals surface area contributed by atoms with Crippen molar-refractivity contribution in [1.82, 2.24) is 31.2 Å². The number of hydrogen-bond acceptors (Lipinski definition) is 6. The van der Waals surface area contributed by atoms with Gasteiger partial charge < -0.3 is 26.7 Å². The van der Waals surface area contributed by atoms with Crippen LogP contribution in [0.2, 0.25) is 0 Å². The zero-order valence-corrected chi connectivity index (χ0v) is 30.7. The molecule has 7 nitrogen and oxygen atoms in total. The molecule has 3 heterocycles. The van der Waals surface area contributed by atoms with Gasteiger partial charge in [0.2, 0.25) is 0 Å². The number of aromatic nitrogens is 2. The van der Waals surface area contributed by atoms with Crippen molar-refractivity contribution >= 4 is 15.6 Å². The van der Waals surface area contributed by atoms with Gasteiger partial charge in [-0.3, -0.25) is 9.97 Å². The van der Waals surface area contributed by atoms with Crippen LogP contribution in [-0.4, -0.2) is 64.8 Å². The van der Waals surface area contributed by atoms with E-state index >= 15 is 0 Å². The van der Waals surface area contributed by atoms with Gasteiger partial charge in [0.1, 0.15) is 0 Å². The molecule has 2 aromatic rings. The van der Waals surface area contributed by atoms with Crippen LogP contribution in [0.3, 0.4) is 0 Å². The van der Waals surface area contributed by atoms with Crippen molar-refractivity contribution in [1.29, 1.82) is 0 Å². The third kappa shape index (κ3) is 42.8. The largest absolute Gasteiger partial charge is 6.00 e. The predicted molar refractivity (Wildman–Crippen MR) is 167 cm³/mol. The van der Waals surface area contributed by atoms with Crippen molar-refractivity contribution in [2.24, 2.45) is 0 Å². The molecule has 3 rings (SSSR count). The maximum absolute atomic E-state index is 10.7. The Bertz CT molecular complexity index is 1060. The second-order valence-corrected chi connectivity index (χ2v) is 15.9. The molecule has 22 heteroatoms. The van der Waals surface area contributed by atoms with Crippen LogP contribution < -0.4 is 21.3 Å². The fourth-order valence-corrected chi connectivity index (χ4v) is 4.29. The summed E-state index contributed by atoms with van der Waals surface area (Å²) in [4.78, 5) is 8.37. The van der Waals surface area contributed by atoms with Crippen molar-refractivity contribution in [3.05, 3.63) is 48.8 Å². The van der Waals surface area contributed by atoms with Crippen LogP contribution in [0.25, 0.3) is 11.4 Å². The minimum absolute atomic E-state index is 0. The van der Waals surface area contributed by atoms with Gasteiger partial charge in [-0.25, -0.2) is 0 Å². The van der Waals surface area contributed by atoms with Gasteiger partial charge in [0.05, 0.1) is 11.4 Å². The van der Waals surface area contributed by atoms with E-state index in [1.165, 1.54) is 0 Å². The van der Waals surface area contributed by atoms with E-state index in [0.29, 0.717) is 12.1 Å². The van der Waals surface area contributed by atoms with E-state index in [2.05, 4.69) is 72.8 Å². The molecular weight excluding hydrogens is 803 g/mol. The van der Waals surface area contributed by atoms with E-state index in [9.17, 15) is 50.4 Å². The summed E-state index contributed by atoms with van der Waals surface area (Å²) in [7, 11) is -21.3. The summed E-state index contributed by atoms with van der Waals surface area (Å²) < 4.78 is 118. The molecule has 48 heavy (non-hydrogen) atoms. The van der Waals surface area contributed by atoms with Crippen LogP contribution >= 0.6 is 15.6 Å². The molecule has 2 atom stereocenters. The molecule has 284 valence electrons. The van der Waals surface area contributed by atoms with Gasteiger partial charge >= 0.3 is 85.5 Å². The summed E-state index contributed by atoms with van der Waals surface area (Å²) >= 11 is 0. The minimum atomic E-state index is -10.7. The summed E-state index contributed by atoms with van der Waals surface area (Å²) in [6, 6.07) is 12.7. The molecule has 0 aromatic carbocycles. The Kier molecular flexibility index (Phi) is 18.4. The predicted octanol–water partition coefficient (Wildman–Crippen LogP) is 9.55. The van der Waals surface area contributed by atoms with Crippen LogP contribution in [0.1, 0.15) is 54.4 Å². The third-order valence-electron chi connectivity index (χ3n) is 5.67. The summed E-state index contributed by atoms with van der Waals surface area (Å²) in [6.45, 7) is 17.8. The molecule has 0 saturated carbocycles. The maximum atomic E-state index is 9.87. The van der Waals surface area contributed by atoms with Gasteiger partial charge in [0.15, 0.2) is 0 Å². The van der Waals surface area contributed by atoms with Gasteiger partial charge in [0, 0.05) is 61.7 Å². The molecule has 1 aliphatic rings. The average Bonchev–Trinajstić information content (AvgIpc) is 2.81. The average molecular weight is 850 g/mol. The smallest absolute Gasteiger partial charge is 0.412 e. The Morgan fingerprint density at radius 3 is 1.06 bits per heavy atom. The Morgan fingerprint density at radius 1 is 0.562 bits per heavy atom. The molecule has 0 bridgehead atoms. The van der Waals surface area contributed by atoms with Gasteiger partial charge in [-0.05, 0) is 78.6 Å². The molecule has 0 radical (unpaired) electrons. The normalized spacial score (nSPS) is 23.0. The second-order valence-electron chi connectivity index (χ2n) is 12.1. The van der Waals surface area contributed by atoms with E-state index in [4.69, 9.17) is 0 Å². The molecule has 1 saturated heterocycles. The summed E-state index contributed by atoms with van der Waals surface area (Å²) in [6.07, 6.45) is 5.83. The molecule has 0 aliphatic carbocycles. The maximum Gasteiger partial charge on any atom is 6.00 e. The first-order chi connectivity index (χ1) is 20.1. The van der Waals surface area contributed by atoms with Gasteiger partial charge in [0.25, 0.3) is 0 Å². The molecular formula is C26H46F12N6OP2Ru+4. The van der Waals surface area contributed by atoms with Gasteiger partial charge in [-0.1, -0.05) is 12.1 Å². The van der Waals surface area contributed by atoms with Gasteiger partial charge in [-0.2, -0.15) is 0 Å². The van der Waals surface area contributed by atoms with Crippen LogP contribution in [0.5, 0.6) is 0 Å². The fraction of sp³-hybridized carbons (Fsp3) is 0.615. The Labute approximate surface area is 285 Å². The fourth-order valence-electron chi connectivity index (χ4n) is 4.29. The first-order valence-electron chi connectivity index (χ1n) is 14.0. The van der Waals surface area contributed by atoms with Crippen molar-refractivity contribution in [2.75, 3.05) is 26.2 Å². The molecule has 2 aromatic heterocycles. The molecule has 0 unspecified atom stereocenters. The van der Waals surface area contributed by atoms with E-state index in [-0.39, 0.29) is 36.0 Å². The Morgan fingerprint density at radius 2 is 0.833 bits per heavy atom. The molecule has 0 spiro atoms. The Hall–Kier alpha value is -1.26. The van der Waals surface area contributed by atoms with Crippen molar-refractivity contribution in [3.63, 3.8) is 0 Å². The van der Waals surface area contributed by atoms with Crippen LogP contribution in [-0.2, 0) is 19.5 Å². The standard InChI is InChI=1S/C16H36N4.C10H8N2.2F6P.H2O.Ru/c1-13-11-15(3,4)19-10-8-18-14(2)12-16(5,6)20-9-7-17-13;1-3-7-11-9(5-1)10-6-2-4-8-12-10;2*1-7(2,3,4,5)6;;/h13-14,17-20H,7-12H2,1-6H3;1-8H;;;1H2;/q;;2*-1;;+6/t13-,14-;;;;;/m0...../s1. The van der Waals surface area contributed by atoms with Gasteiger partial charge in [-0.15, -0.1) is 0 Å². The summed E-state index contributed by atoms with van der Waals surface area (Å²) in [5, 5.41) is 14.6. The summed E-state index contributed by atoms with van der Waals surface area (Å²) in [5.74, 6) is 0. The van der Waals surface area contributed by atoms with E-state index < -0.39 is 15.6 Å². The SMILES string of the molecule is C[C@H]1CC(C)(C)NCCN[C@@H](C)CC(C)(C)NCCN1.F[P-](F)(F)(F)(F)F.F[P-](F)(F)(F)(F)F.O.[Ru+6].c1ccc(-c2ccccn2)nc1. The first-order valence-corrected chi connectivity index (χ1v) is 18.0. The number of nitrogens with one attached hydrogen (secondary N) is 4. The van der Waals surface area contributed by atoms with E-state index in [1.807, 2.05) is 36.4 Å². The van der Waals surface area contributed by atoms with Crippen molar-refractivity contribution in [2.45, 2.75) is 77.5 Å². The molecule has 1 aliphatic heterocycles. The second kappa shape index (κ2) is 17.3. The number of rotatable bonds is 1. The zero-order valence-electron chi connectivity index (χ0n) is 27.2. The van der Waals surface area contributed by atoms with Crippen molar-refractivity contribution in [3.8, 4) is 11.4 Å². The van der Waals surface area contributed by atoms with Crippen LogP contribution in [0.4, 0.5) is 50.4 Å². The number of halogens is 12. The van der Waals surface area contributed by atoms with Crippen LogP contribution in [0.15, 0.2) is 48.8 Å². The topological polar surface area (TPSA) is 105 Å². The molecule has 0 amide bonds. The molecule has 1 fully saturated rings. The monoisotopic (exact) mass is 850 g/mol. The first kappa shape index (κ1) is 51.1. The minimum Gasteiger partial charge on any atom is -0.412 e. The quantitative estimate of drug-likeness (QED) is 0.130. The molecule has 6 N–H and O–H groups in total. The van der Waals surface area contributed by atoms with Crippen molar-refractivity contribution < 1.29 is 75.3 Å². The van der Waals surface area contributed by atoms with E-state index in [1.54, 1.807) is 12.4 Å². The third-order valence-corrected chi connectivity index (χ3v) is 5.67. The number of nitrogens with zero attached hydrogens (tertiary/aromatic N) is 2. The zero-order chi connectivity index (χ0) is 36.3. The van der Waals surface area contributed by atoms with Crippen LogP contribution in [0, 0.1) is 0 Å². The summed E-state index contributed by atoms with van der Waals surface area (Å²) in [5.41, 5.74) is 2.21. The van der Waals surface area contributed by atoms with E-state index in [0.717, 1.165) is 50.4 Å².